The molecule has 1 aromatic carbocycles. The summed E-state index contributed by atoms with van der Waals surface area (Å²) in [6, 6.07) is 11.5. The average Bonchev–Trinajstić information content (AvgIpc) is 2.90. The Morgan fingerprint density at radius 2 is 1.95 bits per heavy atom. The first-order chi connectivity index (χ1) is 10.5. The highest BCUT2D eigenvalue weighted by atomic mass is 16.5. The summed E-state index contributed by atoms with van der Waals surface area (Å²) < 4.78 is 11.2. The molecule has 0 bridgehead atoms. The standard InChI is InChI=1S/C18H25NO3/c1-12(2)21-16-7-5-6-15(10-16)17(20)11-19-14(4)18-9-8-13(3)22-18/h5-10,12,14,17,19-20H,11H2,1-4H3. The molecule has 120 valence electrons. The van der Waals surface area contributed by atoms with Crippen LogP contribution in [0.25, 0.3) is 0 Å². The van der Waals surface area contributed by atoms with Gasteiger partial charge in [-0.1, -0.05) is 12.1 Å². The summed E-state index contributed by atoms with van der Waals surface area (Å²) in [5, 5.41) is 13.6. The topological polar surface area (TPSA) is 54.6 Å². The molecule has 0 saturated carbocycles. The van der Waals surface area contributed by atoms with Crippen LogP contribution in [-0.2, 0) is 0 Å². The van der Waals surface area contributed by atoms with Crippen LogP contribution in [0.1, 0.15) is 50.0 Å². The summed E-state index contributed by atoms with van der Waals surface area (Å²) in [5.41, 5.74) is 0.841. The zero-order chi connectivity index (χ0) is 16.1. The minimum atomic E-state index is -0.589. The van der Waals surface area contributed by atoms with Crippen molar-refractivity contribution in [1.29, 1.82) is 0 Å². The molecule has 0 aliphatic heterocycles. The second-order valence-corrected chi connectivity index (χ2v) is 5.83. The molecule has 2 aromatic rings. The van der Waals surface area contributed by atoms with Crippen LogP contribution in [0.5, 0.6) is 5.75 Å². The van der Waals surface area contributed by atoms with Gasteiger partial charge in [-0.25, -0.2) is 0 Å². The summed E-state index contributed by atoms with van der Waals surface area (Å²) >= 11 is 0. The Labute approximate surface area is 132 Å². The molecule has 0 spiro atoms. The molecule has 0 aliphatic carbocycles. The highest BCUT2D eigenvalue weighted by Crippen LogP contribution is 2.21. The van der Waals surface area contributed by atoms with Crippen LogP contribution >= 0.6 is 0 Å². The van der Waals surface area contributed by atoms with Gasteiger partial charge >= 0.3 is 0 Å². The summed E-state index contributed by atoms with van der Waals surface area (Å²) in [5.74, 6) is 2.55. The van der Waals surface area contributed by atoms with Gasteiger partial charge in [-0.2, -0.15) is 0 Å². The molecule has 0 amide bonds. The van der Waals surface area contributed by atoms with E-state index in [-0.39, 0.29) is 12.1 Å². The molecule has 0 fully saturated rings. The number of aliphatic hydroxyl groups is 1. The Morgan fingerprint density at radius 3 is 2.59 bits per heavy atom. The van der Waals surface area contributed by atoms with Crippen molar-refractivity contribution in [3.63, 3.8) is 0 Å². The van der Waals surface area contributed by atoms with E-state index in [1.54, 1.807) is 0 Å². The zero-order valence-corrected chi connectivity index (χ0v) is 13.7. The van der Waals surface area contributed by atoms with Gasteiger partial charge < -0.3 is 19.6 Å². The third kappa shape index (κ3) is 4.61. The molecule has 1 aromatic heterocycles. The van der Waals surface area contributed by atoms with E-state index in [9.17, 15) is 5.11 Å². The second kappa shape index (κ2) is 7.47. The predicted octanol–water partition coefficient (Wildman–Crippen LogP) is 3.76. The maximum atomic E-state index is 10.3. The van der Waals surface area contributed by atoms with Gasteiger partial charge in [0.1, 0.15) is 17.3 Å². The fraction of sp³-hybridized carbons (Fsp3) is 0.444. The van der Waals surface area contributed by atoms with Crippen molar-refractivity contribution in [3.05, 3.63) is 53.5 Å². The van der Waals surface area contributed by atoms with Gasteiger partial charge in [0, 0.05) is 6.54 Å². The van der Waals surface area contributed by atoms with E-state index in [2.05, 4.69) is 5.32 Å². The molecule has 4 nitrogen and oxygen atoms in total. The fourth-order valence-electron chi connectivity index (χ4n) is 2.26. The van der Waals surface area contributed by atoms with E-state index in [0.29, 0.717) is 6.54 Å². The quantitative estimate of drug-likeness (QED) is 0.817. The summed E-state index contributed by atoms with van der Waals surface area (Å²) in [6.45, 7) is 8.36. The van der Waals surface area contributed by atoms with Crippen LogP contribution in [0.2, 0.25) is 0 Å². The number of ether oxygens (including phenoxy) is 1. The number of hydrogen-bond acceptors (Lipinski definition) is 4. The zero-order valence-electron chi connectivity index (χ0n) is 13.7. The van der Waals surface area contributed by atoms with Crippen molar-refractivity contribution < 1.29 is 14.3 Å². The lowest BCUT2D eigenvalue weighted by Crippen LogP contribution is -2.24. The Kier molecular flexibility index (Phi) is 5.63. The number of hydrogen-bond donors (Lipinski definition) is 2. The normalized spacial score (nSPS) is 14.1. The lowest BCUT2D eigenvalue weighted by molar-refractivity contribution is 0.168. The first-order valence-corrected chi connectivity index (χ1v) is 7.70. The van der Waals surface area contributed by atoms with E-state index in [4.69, 9.17) is 9.15 Å². The first kappa shape index (κ1) is 16.6. The van der Waals surface area contributed by atoms with Crippen molar-refractivity contribution in [3.8, 4) is 5.75 Å². The Bertz CT molecular complexity index is 592. The van der Waals surface area contributed by atoms with Crippen molar-refractivity contribution in [1.82, 2.24) is 5.32 Å². The van der Waals surface area contributed by atoms with Gasteiger partial charge in [0.25, 0.3) is 0 Å². The lowest BCUT2D eigenvalue weighted by Gasteiger charge is -2.17. The highest BCUT2D eigenvalue weighted by Gasteiger charge is 2.13. The van der Waals surface area contributed by atoms with Crippen molar-refractivity contribution in [2.45, 2.75) is 45.9 Å². The second-order valence-electron chi connectivity index (χ2n) is 5.83. The fourth-order valence-corrected chi connectivity index (χ4v) is 2.26. The molecule has 0 aliphatic rings. The highest BCUT2D eigenvalue weighted by molar-refractivity contribution is 5.30. The van der Waals surface area contributed by atoms with Gasteiger partial charge in [-0.15, -0.1) is 0 Å². The minimum Gasteiger partial charge on any atom is -0.491 e. The maximum absolute atomic E-state index is 10.3. The molecule has 0 radical (unpaired) electrons. The van der Waals surface area contributed by atoms with Crippen molar-refractivity contribution >= 4 is 0 Å². The Morgan fingerprint density at radius 1 is 1.18 bits per heavy atom. The molecular formula is C18H25NO3. The number of rotatable bonds is 7. The molecule has 2 atom stereocenters. The van der Waals surface area contributed by atoms with Gasteiger partial charge in [0.15, 0.2) is 0 Å². The van der Waals surface area contributed by atoms with Gasteiger partial charge in [0.05, 0.1) is 18.2 Å². The lowest BCUT2D eigenvalue weighted by atomic mass is 10.1. The molecule has 4 heteroatoms. The molecule has 2 unspecified atom stereocenters. The molecule has 1 heterocycles. The molecule has 22 heavy (non-hydrogen) atoms. The van der Waals surface area contributed by atoms with Crippen LogP contribution in [0.15, 0.2) is 40.8 Å². The van der Waals surface area contributed by atoms with Crippen LogP contribution in [0.4, 0.5) is 0 Å². The number of benzene rings is 1. The van der Waals surface area contributed by atoms with Crippen molar-refractivity contribution in [2.75, 3.05) is 6.54 Å². The van der Waals surface area contributed by atoms with E-state index < -0.39 is 6.10 Å². The Hall–Kier alpha value is -1.78. The van der Waals surface area contributed by atoms with Crippen molar-refractivity contribution in [2.24, 2.45) is 0 Å². The van der Waals surface area contributed by atoms with E-state index in [1.807, 2.05) is 64.1 Å². The smallest absolute Gasteiger partial charge is 0.120 e. The summed E-state index contributed by atoms with van der Waals surface area (Å²) in [4.78, 5) is 0. The summed E-state index contributed by atoms with van der Waals surface area (Å²) in [7, 11) is 0. The van der Waals surface area contributed by atoms with Crippen LogP contribution in [0, 0.1) is 6.92 Å². The van der Waals surface area contributed by atoms with E-state index >= 15 is 0 Å². The van der Waals surface area contributed by atoms with Crippen LogP contribution in [0.3, 0.4) is 0 Å². The van der Waals surface area contributed by atoms with E-state index in [1.165, 1.54) is 0 Å². The molecule has 2 N–H and O–H groups in total. The number of furan rings is 1. The SMILES string of the molecule is Cc1ccc(C(C)NCC(O)c2cccc(OC(C)C)c2)o1. The first-order valence-electron chi connectivity index (χ1n) is 7.70. The monoisotopic (exact) mass is 303 g/mol. The van der Waals surface area contributed by atoms with Gasteiger partial charge in [-0.3, -0.25) is 0 Å². The predicted molar refractivity (Wildman–Crippen MR) is 87.0 cm³/mol. The number of aryl methyl sites for hydroxylation is 1. The summed E-state index contributed by atoms with van der Waals surface area (Å²) in [6.07, 6.45) is -0.470. The maximum Gasteiger partial charge on any atom is 0.120 e. The molecular weight excluding hydrogens is 278 g/mol. The number of nitrogens with one attached hydrogen (secondary N) is 1. The molecule has 2 rings (SSSR count). The minimum absolute atomic E-state index is 0.0541. The van der Waals surface area contributed by atoms with Gasteiger partial charge in [0.2, 0.25) is 0 Å². The largest absolute Gasteiger partial charge is 0.491 e. The molecule has 0 saturated heterocycles. The number of aliphatic hydroxyl groups excluding tert-OH is 1. The third-order valence-electron chi connectivity index (χ3n) is 3.42. The van der Waals surface area contributed by atoms with E-state index in [0.717, 1.165) is 22.8 Å². The average molecular weight is 303 g/mol. The third-order valence-corrected chi connectivity index (χ3v) is 3.42. The van der Waals surface area contributed by atoms with Gasteiger partial charge in [-0.05, 0) is 57.5 Å². The van der Waals surface area contributed by atoms with Crippen LogP contribution in [-0.4, -0.2) is 17.8 Å². The Balaban J connectivity index is 1.93. The van der Waals surface area contributed by atoms with Crippen LogP contribution < -0.4 is 10.1 Å².